The molecular weight excluding hydrogens is 169 g/mol. The molecule has 4 heteroatoms. The Labute approximate surface area is 69.9 Å². The van der Waals surface area contributed by atoms with Gasteiger partial charge >= 0.3 is 6.18 Å². The van der Waals surface area contributed by atoms with Crippen LogP contribution in [-0.4, -0.2) is 18.4 Å². The predicted molar refractivity (Wildman–Crippen MR) is 38.9 cm³/mol. The molecule has 1 aliphatic carbocycles. The van der Waals surface area contributed by atoms with Gasteiger partial charge in [0.05, 0.1) is 0 Å². The Hall–Kier alpha value is -0.250. The minimum atomic E-state index is -4.19. The second-order valence-corrected chi connectivity index (χ2v) is 3.13. The first-order valence-electron chi connectivity index (χ1n) is 4.22. The summed E-state index contributed by atoms with van der Waals surface area (Å²) >= 11 is 0. The lowest BCUT2D eigenvalue weighted by Gasteiger charge is -2.31. The normalized spacial score (nSPS) is 23.0. The van der Waals surface area contributed by atoms with Gasteiger partial charge in [-0.15, -0.1) is 0 Å². The van der Waals surface area contributed by atoms with Crippen molar-refractivity contribution in [2.75, 3.05) is 6.61 Å². The highest BCUT2D eigenvalue weighted by molar-refractivity contribution is 4.92. The third-order valence-corrected chi connectivity index (χ3v) is 2.35. The Morgan fingerprint density at radius 1 is 1.25 bits per heavy atom. The molecule has 0 spiro atoms. The van der Waals surface area contributed by atoms with Gasteiger partial charge in [-0.3, -0.25) is 0 Å². The summed E-state index contributed by atoms with van der Waals surface area (Å²) in [5.74, 6) is 0. The SMILES string of the molecule is CCOC1(C(F)(F)F)CCCC1. The van der Waals surface area contributed by atoms with Gasteiger partial charge in [-0.05, 0) is 19.8 Å². The van der Waals surface area contributed by atoms with Crippen LogP contribution in [0.3, 0.4) is 0 Å². The lowest BCUT2D eigenvalue weighted by atomic mass is 10.0. The molecule has 1 fully saturated rings. The van der Waals surface area contributed by atoms with Gasteiger partial charge in [0.1, 0.15) is 0 Å². The Balaban J connectivity index is 2.72. The van der Waals surface area contributed by atoms with E-state index in [4.69, 9.17) is 4.74 Å². The average molecular weight is 182 g/mol. The summed E-state index contributed by atoms with van der Waals surface area (Å²) < 4.78 is 42.3. The first-order valence-corrected chi connectivity index (χ1v) is 4.22. The Kier molecular flexibility index (Phi) is 2.66. The topological polar surface area (TPSA) is 9.23 Å². The molecule has 0 aromatic rings. The molecular formula is C8H13F3O. The van der Waals surface area contributed by atoms with E-state index in [1.807, 2.05) is 0 Å². The van der Waals surface area contributed by atoms with Crippen LogP contribution in [0.15, 0.2) is 0 Å². The zero-order chi connectivity index (χ0) is 9.24. The molecule has 0 atom stereocenters. The smallest absolute Gasteiger partial charge is 0.366 e. The van der Waals surface area contributed by atoms with Crippen molar-refractivity contribution in [2.24, 2.45) is 0 Å². The van der Waals surface area contributed by atoms with E-state index >= 15 is 0 Å². The van der Waals surface area contributed by atoms with Crippen LogP contribution in [-0.2, 0) is 4.74 Å². The number of hydrogen-bond acceptors (Lipinski definition) is 1. The maximum Gasteiger partial charge on any atom is 0.417 e. The van der Waals surface area contributed by atoms with Crippen LogP contribution in [0.5, 0.6) is 0 Å². The van der Waals surface area contributed by atoms with E-state index in [0.29, 0.717) is 12.8 Å². The zero-order valence-electron chi connectivity index (χ0n) is 7.08. The summed E-state index contributed by atoms with van der Waals surface area (Å²) in [5, 5.41) is 0. The zero-order valence-corrected chi connectivity index (χ0v) is 7.08. The second kappa shape index (κ2) is 3.24. The molecule has 0 aromatic heterocycles. The maximum absolute atomic E-state index is 12.5. The van der Waals surface area contributed by atoms with Gasteiger partial charge in [-0.2, -0.15) is 13.2 Å². The third-order valence-electron chi connectivity index (χ3n) is 2.35. The van der Waals surface area contributed by atoms with E-state index in [-0.39, 0.29) is 19.4 Å². The van der Waals surface area contributed by atoms with E-state index in [9.17, 15) is 13.2 Å². The van der Waals surface area contributed by atoms with Gasteiger partial charge in [0.15, 0.2) is 5.60 Å². The van der Waals surface area contributed by atoms with Crippen LogP contribution >= 0.6 is 0 Å². The highest BCUT2D eigenvalue weighted by atomic mass is 19.4. The first kappa shape index (κ1) is 9.84. The van der Waals surface area contributed by atoms with Gasteiger partial charge < -0.3 is 4.74 Å². The minimum absolute atomic E-state index is 0.129. The Bertz CT molecular complexity index is 147. The molecule has 1 nitrogen and oxygen atoms in total. The summed E-state index contributed by atoms with van der Waals surface area (Å²) in [4.78, 5) is 0. The van der Waals surface area contributed by atoms with Crippen molar-refractivity contribution >= 4 is 0 Å². The summed E-state index contributed by atoms with van der Waals surface area (Å²) in [6, 6.07) is 0. The van der Waals surface area contributed by atoms with Crippen molar-refractivity contribution in [3.63, 3.8) is 0 Å². The van der Waals surface area contributed by atoms with Crippen LogP contribution in [0, 0.1) is 0 Å². The van der Waals surface area contributed by atoms with Gasteiger partial charge in [-0.1, -0.05) is 12.8 Å². The molecule has 72 valence electrons. The minimum Gasteiger partial charge on any atom is -0.366 e. The molecule has 0 saturated heterocycles. The number of halogens is 3. The fourth-order valence-electron chi connectivity index (χ4n) is 1.73. The summed E-state index contributed by atoms with van der Waals surface area (Å²) in [7, 11) is 0. The number of ether oxygens (including phenoxy) is 1. The fourth-order valence-corrected chi connectivity index (χ4v) is 1.73. The van der Waals surface area contributed by atoms with Gasteiger partial charge in [0.2, 0.25) is 0 Å². The maximum atomic E-state index is 12.5. The van der Waals surface area contributed by atoms with E-state index in [2.05, 4.69) is 0 Å². The van der Waals surface area contributed by atoms with E-state index in [0.717, 1.165) is 0 Å². The number of rotatable bonds is 2. The standard InChI is InChI=1S/C8H13F3O/c1-2-12-7(8(9,10)11)5-3-4-6-7/h2-6H2,1H3. The molecule has 0 radical (unpaired) electrons. The summed E-state index contributed by atoms with van der Waals surface area (Å²) in [6.07, 6.45) is -2.69. The van der Waals surface area contributed by atoms with Crippen LogP contribution in [0.25, 0.3) is 0 Å². The predicted octanol–water partition coefficient (Wildman–Crippen LogP) is 2.90. The van der Waals surface area contributed by atoms with E-state index < -0.39 is 11.8 Å². The van der Waals surface area contributed by atoms with Crippen LogP contribution in [0.1, 0.15) is 32.6 Å². The monoisotopic (exact) mass is 182 g/mol. The molecule has 0 heterocycles. The molecule has 1 aliphatic rings. The third kappa shape index (κ3) is 1.58. The number of hydrogen-bond donors (Lipinski definition) is 0. The Morgan fingerprint density at radius 2 is 1.75 bits per heavy atom. The Morgan fingerprint density at radius 3 is 2.08 bits per heavy atom. The van der Waals surface area contributed by atoms with Crippen LogP contribution in [0.4, 0.5) is 13.2 Å². The van der Waals surface area contributed by atoms with Crippen molar-refractivity contribution in [1.82, 2.24) is 0 Å². The van der Waals surface area contributed by atoms with Crippen molar-refractivity contribution in [3.8, 4) is 0 Å². The van der Waals surface area contributed by atoms with Crippen molar-refractivity contribution in [2.45, 2.75) is 44.4 Å². The molecule has 0 amide bonds. The molecule has 1 rings (SSSR count). The largest absolute Gasteiger partial charge is 0.417 e. The highest BCUT2D eigenvalue weighted by Gasteiger charge is 2.56. The quantitative estimate of drug-likeness (QED) is 0.638. The summed E-state index contributed by atoms with van der Waals surface area (Å²) in [5.41, 5.74) is -1.82. The average Bonchev–Trinajstić information content (AvgIpc) is 2.36. The summed E-state index contributed by atoms with van der Waals surface area (Å²) in [6.45, 7) is 1.74. The molecule has 0 unspecified atom stereocenters. The van der Waals surface area contributed by atoms with Crippen molar-refractivity contribution < 1.29 is 17.9 Å². The van der Waals surface area contributed by atoms with Gasteiger partial charge in [0, 0.05) is 6.61 Å². The van der Waals surface area contributed by atoms with Gasteiger partial charge in [-0.25, -0.2) is 0 Å². The van der Waals surface area contributed by atoms with E-state index in [1.165, 1.54) is 0 Å². The van der Waals surface area contributed by atoms with Crippen molar-refractivity contribution in [3.05, 3.63) is 0 Å². The molecule has 12 heavy (non-hydrogen) atoms. The lowest BCUT2D eigenvalue weighted by Crippen LogP contribution is -2.45. The van der Waals surface area contributed by atoms with Gasteiger partial charge in [0.25, 0.3) is 0 Å². The fraction of sp³-hybridized carbons (Fsp3) is 1.00. The molecule has 0 bridgehead atoms. The van der Waals surface area contributed by atoms with E-state index in [1.54, 1.807) is 6.92 Å². The molecule has 0 aliphatic heterocycles. The number of alkyl halides is 3. The van der Waals surface area contributed by atoms with Crippen LogP contribution in [0.2, 0.25) is 0 Å². The lowest BCUT2D eigenvalue weighted by molar-refractivity contribution is -0.274. The van der Waals surface area contributed by atoms with Crippen LogP contribution < -0.4 is 0 Å². The molecule has 0 aromatic carbocycles. The molecule has 1 saturated carbocycles. The second-order valence-electron chi connectivity index (χ2n) is 3.13. The first-order chi connectivity index (χ1) is 5.52. The highest BCUT2D eigenvalue weighted by Crippen LogP contribution is 2.45. The molecule has 0 N–H and O–H groups in total. The van der Waals surface area contributed by atoms with Crippen molar-refractivity contribution in [1.29, 1.82) is 0 Å².